The number of unbranched alkanes of at least 4 members (excludes halogenated alkanes) is 1. The van der Waals surface area contributed by atoms with Crippen molar-refractivity contribution in [1.82, 2.24) is 4.98 Å². The monoisotopic (exact) mass is 376 g/mol. The molecule has 0 unspecified atom stereocenters. The molecule has 2 aromatic carbocycles. The number of aromatic nitrogens is 1. The van der Waals surface area contributed by atoms with Gasteiger partial charge in [0, 0.05) is 21.5 Å². The van der Waals surface area contributed by atoms with E-state index in [-0.39, 0.29) is 0 Å². The van der Waals surface area contributed by atoms with Crippen LogP contribution in [0.5, 0.6) is 5.75 Å². The number of H-pyrrole nitrogens is 1. The van der Waals surface area contributed by atoms with Gasteiger partial charge in [-0.3, -0.25) is 0 Å². The molecule has 0 spiro atoms. The van der Waals surface area contributed by atoms with E-state index in [1.807, 2.05) is 31.2 Å². The Morgan fingerprint density at radius 3 is 2.68 bits per heavy atom. The SMILES string of the molecule is CCOc1ccccc1-c1[nH]c2cc(Cl)cc(Cl)c2c1CCCCN. The number of aryl methyl sites for hydroxylation is 1. The van der Waals surface area contributed by atoms with Crippen molar-refractivity contribution in [1.29, 1.82) is 0 Å². The Hall–Kier alpha value is -1.68. The molecule has 0 fully saturated rings. The van der Waals surface area contributed by atoms with Crippen LogP contribution >= 0.6 is 23.2 Å². The summed E-state index contributed by atoms with van der Waals surface area (Å²) in [5, 5.41) is 2.32. The van der Waals surface area contributed by atoms with Crippen molar-refractivity contribution >= 4 is 34.1 Å². The van der Waals surface area contributed by atoms with Gasteiger partial charge in [-0.1, -0.05) is 35.3 Å². The number of nitrogens with two attached hydrogens (primary N) is 1. The number of hydrogen-bond donors (Lipinski definition) is 2. The number of nitrogens with one attached hydrogen (secondary N) is 1. The smallest absolute Gasteiger partial charge is 0.128 e. The molecule has 0 bridgehead atoms. The molecule has 25 heavy (non-hydrogen) atoms. The van der Waals surface area contributed by atoms with Crippen LogP contribution in [0.3, 0.4) is 0 Å². The molecule has 0 aliphatic rings. The minimum atomic E-state index is 0.617. The Morgan fingerprint density at radius 1 is 1.12 bits per heavy atom. The third kappa shape index (κ3) is 3.79. The second-order valence-electron chi connectivity index (χ2n) is 5.96. The largest absolute Gasteiger partial charge is 0.493 e. The van der Waals surface area contributed by atoms with Crippen LogP contribution in [0.4, 0.5) is 0 Å². The van der Waals surface area contributed by atoms with E-state index in [1.165, 1.54) is 5.56 Å². The topological polar surface area (TPSA) is 51.0 Å². The molecule has 0 saturated carbocycles. The van der Waals surface area contributed by atoms with Crippen molar-refractivity contribution in [3.63, 3.8) is 0 Å². The molecule has 0 saturated heterocycles. The molecule has 3 N–H and O–H groups in total. The van der Waals surface area contributed by atoms with Crippen LogP contribution in [-0.2, 0) is 6.42 Å². The van der Waals surface area contributed by atoms with Crippen molar-refractivity contribution < 1.29 is 4.74 Å². The molecule has 0 amide bonds. The molecule has 3 aromatic rings. The summed E-state index contributed by atoms with van der Waals surface area (Å²) in [6.07, 6.45) is 2.88. The maximum atomic E-state index is 6.52. The zero-order valence-corrected chi connectivity index (χ0v) is 15.8. The highest BCUT2D eigenvalue weighted by Gasteiger charge is 2.18. The summed E-state index contributed by atoms with van der Waals surface area (Å²) in [4.78, 5) is 3.51. The van der Waals surface area contributed by atoms with Gasteiger partial charge < -0.3 is 15.5 Å². The van der Waals surface area contributed by atoms with Gasteiger partial charge in [-0.2, -0.15) is 0 Å². The highest BCUT2D eigenvalue weighted by Crippen LogP contribution is 2.40. The van der Waals surface area contributed by atoms with Crippen molar-refractivity contribution in [2.75, 3.05) is 13.2 Å². The van der Waals surface area contributed by atoms with Crippen LogP contribution in [0.2, 0.25) is 10.0 Å². The van der Waals surface area contributed by atoms with E-state index in [1.54, 1.807) is 6.07 Å². The van der Waals surface area contributed by atoms with E-state index in [0.29, 0.717) is 23.2 Å². The molecule has 3 nitrogen and oxygen atoms in total. The minimum absolute atomic E-state index is 0.617. The molecule has 132 valence electrons. The van der Waals surface area contributed by atoms with Crippen LogP contribution < -0.4 is 10.5 Å². The molecule has 0 aliphatic carbocycles. The van der Waals surface area contributed by atoms with E-state index < -0.39 is 0 Å². The first-order valence-corrected chi connectivity index (χ1v) is 9.33. The van der Waals surface area contributed by atoms with Crippen molar-refractivity contribution in [3.05, 3.63) is 52.0 Å². The predicted molar refractivity (Wildman–Crippen MR) is 107 cm³/mol. The Bertz CT molecular complexity index is 874. The first-order chi connectivity index (χ1) is 12.2. The number of aromatic amines is 1. The second-order valence-corrected chi connectivity index (χ2v) is 6.81. The third-order valence-corrected chi connectivity index (χ3v) is 4.77. The van der Waals surface area contributed by atoms with Gasteiger partial charge in [-0.05, 0) is 62.6 Å². The number of halogens is 2. The van der Waals surface area contributed by atoms with Crippen molar-refractivity contribution in [3.8, 4) is 17.0 Å². The third-order valence-electron chi connectivity index (χ3n) is 4.26. The lowest BCUT2D eigenvalue weighted by atomic mass is 9.99. The molecule has 1 heterocycles. The van der Waals surface area contributed by atoms with Gasteiger partial charge in [0.15, 0.2) is 0 Å². The number of hydrogen-bond acceptors (Lipinski definition) is 2. The Labute approximate surface area is 158 Å². The standard InChI is InChI=1S/C20H22Cl2N2O/c1-2-25-18-9-4-3-7-14(18)20-15(8-5-6-10-23)19-16(22)11-13(21)12-17(19)24-20/h3-4,7,9,11-12,24H,2,5-6,8,10,23H2,1H3. The molecular weight excluding hydrogens is 355 g/mol. The number of rotatable bonds is 7. The maximum Gasteiger partial charge on any atom is 0.128 e. The lowest BCUT2D eigenvalue weighted by molar-refractivity contribution is 0.341. The number of ether oxygens (including phenoxy) is 1. The van der Waals surface area contributed by atoms with Crippen molar-refractivity contribution in [2.45, 2.75) is 26.2 Å². The highest BCUT2D eigenvalue weighted by molar-refractivity contribution is 6.39. The fourth-order valence-corrected chi connectivity index (χ4v) is 3.80. The van der Waals surface area contributed by atoms with E-state index in [2.05, 4.69) is 11.1 Å². The van der Waals surface area contributed by atoms with Gasteiger partial charge in [0.05, 0.1) is 17.3 Å². The first-order valence-electron chi connectivity index (χ1n) is 8.57. The Balaban J connectivity index is 2.20. The fraction of sp³-hybridized carbons (Fsp3) is 0.300. The van der Waals surface area contributed by atoms with E-state index in [0.717, 1.165) is 47.2 Å². The average Bonchev–Trinajstić information content (AvgIpc) is 2.94. The van der Waals surface area contributed by atoms with Crippen molar-refractivity contribution in [2.24, 2.45) is 5.73 Å². The molecule has 0 radical (unpaired) electrons. The zero-order valence-electron chi connectivity index (χ0n) is 14.2. The zero-order chi connectivity index (χ0) is 17.8. The highest BCUT2D eigenvalue weighted by atomic mass is 35.5. The lowest BCUT2D eigenvalue weighted by Crippen LogP contribution is -2.00. The van der Waals surface area contributed by atoms with Crippen LogP contribution in [0, 0.1) is 0 Å². The first kappa shape index (κ1) is 18.1. The van der Waals surface area contributed by atoms with E-state index in [4.69, 9.17) is 33.7 Å². The molecular formula is C20H22Cl2N2O. The molecule has 5 heteroatoms. The summed E-state index contributed by atoms with van der Waals surface area (Å²) in [6.45, 7) is 3.29. The van der Waals surface area contributed by atoms with Gasteiger partial charge in [0.25, 0.3) is 0 Å². The normalized spacial score (nSPS) is 11.2. The molecule has 3 rings (SSSR count). The Kier molecular flexibility index (Phi) is 5.89. The Morgan fingerprint density at radius 2 is 1.92 bits per heavy atom. The summed E-state index contributed by atoms with van der Waals surface area (Å²) in [7, 11) is 0. The quantitative estimate of drug-likeness (QED) is 0.510. The summed E-state index contributed by atoms with van der Waals surface area (Å²) in [6, 6.07) is 11.8. The minimum Gasteiger partial charge on any atom is -0.493 e. The number of benzene rings is 2. The average molecular weight is 377 g/mol. The van der Waals surface area contributed by atoms with Gasteiger partial charge in [0.1, 0.15) is 5.75 Å². The van der Waals surface area contributed by atoms with Crippen LogP contribution in [0.1, 0.15) is 25.3 Å². The molecule has 0 aliphatic heterocycles. The lowest BCUT2D eigenvalue weighted by Gasteiger charge is -2.11. The van der Waals surface area contributed by atoms with Gasteiger partial charge in [-0.15, -0.1) is 0 Å². The van der Waals surface area contributed by atoms with E-state index >= 15 is 0 Å². The number of para-hydroxylation sites is 1. The fourth-order valence-electron chi connectivity index (χ4n) is 3.19. The summed E-state index contributed by atoms with van der Waals surface area (Å²) >= 11 is 12.7. The summed E-state index contributed by atoms with van der Waals surface area (Å²) < 4.78 is 5.82. The number of fused-ring (bicyclic) bond motifs is 1. The van der Waals surface area contributed by atoms with Gasteiger partial charge in [0.2, 0.25) is 0 Å². The molecule has 1 aromatic heterocycles. The van der Waals surface area contributed by atoms with Crippen LogP contribution in [0.25, 0.3) is 22.2 Å². The summed E-state index contributed by atoms with van der Waals surface area (Å²) in [5.41, 5.74) is 9.89. The van der Waals surface area contributed by atoms with Crippen LogP contribution in [-0.4, -0.2) is 18.1 Å². The predicted octanol–water partition coefficient (Wildman–Crippen LogP) is 5.82. The van der Waals surface area contributed by atoms with Crippen LogP contribution in [0.15, 0.2) is 36.4 Å². The van der Waals surface area contributed by atoms with E-state index in [9.17, 15) is 0 Å². The summed E-state index contributed by atoms with van der Waals surface area (Å²) in [5.74, 6) is 0.860. The van der Waals surface area contributed by atoms with Gasteiger partial charge in [-0.25, -0.2) is 0 Å². The molecule has 0 atom stereocenters. The van der Waals surface area contributed by atoms with Gasteiger partial charge >= 0.3 is 0 Å². The second kappa shape index (κ2) is 8.13. The maximum absolute atomic E-state index is 6.52.